The lowest BCUT2D eigenvalue weighted by molar-refractivity contribution is 0.254. The third-order valence-corrected chi connectivity index (χ3v) is 8.17. The molecular formula is C27H32N4S. The molecule has 2 aromatic heterocycles. The molecule has 0 saturated carbocycles. The van der Waals surface area contributed by atoms with Crippen molar-refractivity contribution in [1.82, 2.24) is 14.5 Å². The van der Waals surface area contributed by atoms with E-state index in [9.17, 15) is 0 Å². The zero-order valence-corrected chi connectivity index (χ0v) is 20.5. The van der Waals surface area contributed by atoms with E-state index in [0.717, 1.165) is 24.3 Å². The van der Waals surface area contributed by atoms with Crippen LogP contribution in [0.3, 0.4) is 0 Å². The van der Waals surface area contributed by atoms with Crippen LogP contribution in [-0.4, -0.2) is 31.4 Å². The van der Waals surface area contributed by atoms with Gasteiger partial charge in [0.05, 0.1) is 17.4 Å². The van der Waals surface area contributed by atoms with Crippen LogP contribution in [0.4, 0.5) is 0 Å². The van der Waals surface area contributed by atoms with Crippen LogP contribution >= 0.6 is 11.8 Å². The summed E-state index contributed by atoms with van der Waals surface area (Å²) in [5, 5.41) is 1.19. The molecule has 0 N–H and O–H groups in total. The quantitative estimate of drug-likeness (QED) is 0.460. The van der Waals surface area contributed by atoms with E-state index < -0.39 is 0 Å². The molecule has 0 amide bonds. The first-order valence-corrected chi connectivity index (χ1v) is 12.7. The molecule has 4 heterocycles. The number of amidine groups is 1. The van der Waals surface area contributed by atoms with Gasteiger partial charge in [0.15, 0.2) is 5.17 Å². The molecule has 3 atom stereocenters. The first-order valence-electron chi connectivity index (χ1n) is 11.7. The highest BCUT2D eigenvalue weighted by molar-refractivity contribution is 8.14. The van der Waals surface area contributed by atoms with Crippen molar-refractivity contribution in [2.75, 3.05) is 5.75 Å². The van der Waals surface area contributed by atoms with Gasteiger partial charge in [0, 0.05) is 29.4 Å². The Kier molecular flexibility index (Phi) is 5.62. The Hall–Kier alpha value is -2.53. The molecule has 1 saturated heterocycles. The van der Waals surface area contributed by atoms with Crippen LogP contribution in [0, 0.1) is 20.8 Å². The molecule has 4 nitrogen and oxygen atoms in total. The molecule has 1 fully saturated rings. The number of pyridine rings is 1. The number of fused-ring (bicyclic) bond motifs is 1. The second kappa shape index (κ2) is 8.43. The highest BCUT2D eigenvalue weighted by Crippen LogP contribution is 2.50. The molecule has 5 heteroatoms. The molecule has 0 radical (unpaired) electrons. The molecule has 32 heavy (non-hydrogen) atoms. The fourth-order valence-electron chi connectivity index (χ4n) is 5.44. The lowest BCUT2D eigenvalue weighted by Crippen LogP contribution is -2.35. The summed E-state index contributed by atoms with van der Waals surface area (Å²) in [5.74, 6) is 1.12. The van der Waals surface area contributed by atoms with Crippen molar-refractivity contribution in [2.45, 2.75) is 65.6 Å². The SMILES string of the molecule is CCc1cccc(C)c1-n1c(C)cc([C@@H]2[C@H](c3ccccn3)N=C3SC[C@@H](CC)N32)c1C. The molecule has 2 aliphatic rings. The zero-order chi connectivity index (χ0) is 22.4. The van der Waals surface area contributed by atoms with Gasteiger partial charge in [-0.2, -0.15) is 0 Å². The van der Waals surface area contributed by atoms with E-state index in [4.69, 9.17) is 9.98 Å². The molecule has 3 aromatic rings. The molecule has 0 spiro atoms. The first kappa shape index (κ1) is 21.3. The van der Waals surface area contributed by atoms with Gasteiger partial charge in [-0.3, -0.25) is 9.98 Å². The number of nitrogens with zero attached hydrogens (tertiary/aromatic N) is 4. The number of thioether (sulfide) groups is 1. The molecular weight excluding hydrogens is 412 g/mol. The van der Waals surface area contributed by atoms with Crippen LogP contribution in [-0.2, 0) is 6.42 Å². The van der Waals surface area contributed by atoms with Crippen molar-refractivity contribution >= 4 is 16.9 Å². The first-order chi connectivity index (χ1) is 15.5. The predicted octanol–water partition coefficient (Wildman–Crippen LogP) is 6.34. The number of aromatic nitrogens is 2. The minimum Gasteiger partial charge on any atom is -0.338 e. The van der Waals surface area contributed by atoms with Gasteiger partial charge in [0.1, 0.15) is 6.04 Å². The smallest absolute Gasteiger partial charge is 0.160 e. The van der Waals surface area contributed by atoms with Crippen molar-refractivity contribution in [3.63, 3.8) is 0 Å². The van der Waals surface area contributed by atoms with Crippen LogP contribution in [0.2, 0.25) is 0 Å². The molecule has 5 rings (SSSR count). The number of rotatable bonds is 5. The maximum Gasteiger partial charge on any atom is 0.160 e. The maximum atomic E-state index is 5.21. The van der Waals surface area contributed by atoms with E-state index in [1.807, 2.05) is 24.0 Å². The number of benzene rings is 1. The van der Waals surface area contributed by atoms with Crippen LogP contribution < -0.4 is 0 Å². The Bertz CT molecular complexity index is 1160. The Balaban J connectivity index is 1.67. The van der Waals surface area contributed by atoms with E-state index in [-0.39, 0.29) is 12.1 Å². The number of para-hydroxylation sites is 1. The summed E-state index contributed by atoms with van der Waals surface area (Å²) >= 11 is 1.91. The number of hydrogen-bond acceptors (Lipinski definition) is 4. The van der Waals surface area contributed by atoms with Crippen LogP contribution in [0.1, 0.15) is 66.1 Å². The lowest BCUT2D eigenvalue weighted by Gasteiger charge is -2.32. The molecule has 1 aromatic carbocycles. The third-order valence-electron chi connectivity index (χ3n) is 7.04. The second-order valence-electron chi connectivity index (χ2n) is 8.93. The van der Waals surface area contributed by atoms with E-state index in [1.54, 1.807) is 0 Å². The van der Waals surface area contributed by atoms with Crippen molar-refractivity contribution in [1.29, 1.82) is 0 Å². The van der Waals surface area contributed by atoms with Crippen molar-refractivity contribution in [3.8, 4) is 5.69 Å². The Morgan fingerprint density at radius 3 is 2.62 bits per heavy atom. The molecule has 0 unspecified atom stereocenters. The van der Waals surface area contributed by atoms with Gasteiger partial charge in [-0.15, -0.1) is 0 Å². The van der Waals surface area contributed by atoms with Gasteiger partial charge in [-0.25, -0.2) is 0 Å². The average Bonchev–Trinajstić information content (AvgIpc) is 3.46. The van der Waals surface area contributed by atoms with E-state index in [0.29, 0.717) is 6.04 Å². The topological polar surface area (TPSA) is 33.4 Å². The van der Waals surface area contributed by atoms with Crippen LogP contribution in [0.15, 0.2) is 53.7 Å². The maximum absolute atomic E-state index is 5.21. The highest BCUT2D eigenvalue weighted by atomic mass is 32.2. The number of hydrogen-bond donors (Lipinski definition) is 0. The Labute approximate surface area is 195 Å². The van der Waals surface area contributed by atoms with E-state index in [1.165, 1.54) is 38.9 Å². The molecule has 0 aliphatic carbocycles. The fourth-order valence-corrected chi connectivity index (χ4v) is 6.78. The Morgan fingerprint density at radius 2 is 1.91 bits per heavy atom. The molecule has 2 aliphatic heterocycles. The zero-order valence-electron chi connectivity index (χ0n) is 19.7. The van der Waals surface area contributed by atoms with E-state index in [2.05, 4.69) is 80.5 Å². The van der Waals surface area contributed by atoms with Crippen LogP contribution in [0.5, 0.6) is 0 Å². The predicted molar refractivity (Wildman–Crippen MR) is 135 cm³/mol. The second-order valence-corrected chi connectivity index (χ2v) is 9.92. The van der Waals surface area contributed by atoms with E-state index >= 15 is 0 Å². The van der Waals surface area contributed by atoms with Gasteiger partial charge in [-0.1, -0.05) is 49.9 Å². The number of aliphatic imine (C=N–C) groups is 1. The summed E-state index contributed by atoms with van der Waals surface area (Å²) in [6, 6.07) is 16.0. The monoisotopic (exact) mass is 444 g/mol. The summed E-state index contributed by atoms with van der Waals surface area (Å²) in [5.41, 5.74) is 9.10. The minimum atomic E-state index is 0.0320. The van der Waals surface area contributed by atoms with Crippen molar-refractivity contribution in [3.05, 3.63) is 82.4 Å². The number of aryl methyl sites for hydroxylation is 3. The normalized spacial score (nSPS) is 22.3. The summed E-state index contributed by atoms with van der Waals surface area (Å²) in [6.07, 6.45) is 4.05. The minimum absolute atomic E-state index is 0.0320. The molecule has 166 valence electrons. The summed E-state index contributed by atoms with van der Waals surface area (Å²) in [7, 11) is 0. The van der Waals surface area contributed by atoms with Gasteiger partial charge < -0.3 is 9.47 Å². The highest BCUT2D eigenvalue weighted by Gasteiger charge is 2.46. The molecule has 0 bridgehead atoms. The van der Waals surface area contributed by atoms with Gasteiger partial charge in [0.25, 0.3) is 0 Å². The third kappa shape index (κ3) is 3.29. The van der Waals surface area contributed by atoms with Gasteiger partial charge >= 0.3 is 0 Å². The van der Waals surface area contributed by atoms with Crippen molar-refractivity contribution in [2.24, 2.45) is 4.99 Å². The van der Waals surface area contributed by atoms with Crippen molar-refractivity contribution < 1.29 is 0 Å². The van der Waals surface area contributed by atoms with Crippen LogP contribution in [0.25, 0.3) is 5.69 Å². The summed E-state index contributed by atoms with van der Waals surface area (Å²) < 4.78 is 2.47. The van der Waals surface area contributed by atoms with Gasteiger partial charge in [-0.05, 0) is 68.5 Å². The summed E-state index contributed by atoms with van der Waals surface area (Å²) in [4.78, 5) is 12.5. The lowest BCUT2D eigenvalue weighted by atomic mass is 9.95. The standard InChI is InChI=1S/C27H32N4S/c1-6-20-12-10-11-17(3)25(20)30-18(4)15-22(19(30)5)26-24(23-13-8-9-14-28-23)29-27-31(26)21(7-2)16-32-27/h8-15,21,24,26H,6-7,16H2,1-5H3/t21-,24+,26-/m1/s1. The average molecular weight is 445 g/mol. The van der Waals surface area contributed by atoms with Gasteiger partial charge in [0.2, 0.25) is 0 Å². The summed E-state index contributed by atoms with van der Waals surface area (Å²) in [6.45, 7) is 11.3. The fraction of sp³-hybridized carbons (Fsp3) is 0.407. The largest absolute Gasteiger partial charge is 0.338 e. The Morgan fingerprint density at radius 1 is 1.06 bits per heavy atom.